The van der Waals surface area contributed by atoms with E-state index in [1.54, 1.807) is 6.07 Å². The number of benzene rings is 2. The summed E-state index contributed by atoms with van der Waals surface area (Å²) in [6.07, 6.45) is 0. The van der Waals surface area contributed by atoms with Gasteiger partial charge in [-0.2, -0.15) is 0 Å². The molecule has 0 spiro atoms. The minimum atomic E-state index is -0.143. The zero-order chi connectivity index (χ0) is 14.7. The van der Waals surface area contributed by atoms with E-state index in [4.69, 9.17) is 0 Å². The van der Waals surface area contributed by atoms with Gasteiger partial charge in [-0.05, 0) is 44.5 Å². The molecule has 106 valence electrons. The van der Waals surface area contributed by atoms with Gasteiger partial charge in [-0.3, -0.25) is 0 Å². The quantitative estimate of drug-likeness (QED) is 0.866. The first-order chi connectivity index (χ1) is 9.51. The summed E-state index contributed by atoms with van der Waals surface area (Å²) in [4.78, 5) is 0. The van der Waals surface area contributed by atoms with Crippen LogP contribution in [0.4, 0.5) is 4.39 Å². The SMILES string of the molecule is CCNC(c1cc(C)cc(C)c1)c1ccc(C)cc1F. The normalized spacial score (nSPS) is 12.4. The van der Waals surface area contributed by atoms with E-state index >= 15 is 0 Å². The first-order valence-corrected chi connectivity index (χ1v) is 7.09. The number of halogens is 1. The zero-order valence-electron chi connectivity index (χ0n) is 12.6. The maximum atomic E-state index is 14.3. The Kier molecular flexibility index (Phi) is 4.56. The third-order valence-electron chi connectivity index (χ3n) is 3.45. The van der Waals surface area contributed by atoms with Gasteiger partial charge in [0.1, 0.15) is 5.82 Å². The van der Waals surface area contributed by atoms with Crippen LogP contribution in [0.5, 0.6) is 0 Å². The van der Waals surface area contributed by atoms with E-state index in [2.05, 4.69) is 37.4 Å². The van der Waals surface area contributed by atoms with Crippen molar-refractivity contribution in [2.75, 3.05) is 6.54 Å². The van der Waals surface area contributed by atoms with Crippen LogP contribution in [-0.4, -0.2) is 6.54 Å². The van der Waals surface area contributed by atoms with Crippen LogP contribution in [0.3, 0.4) is 0 Å². The van der Waals surface area contributed by atoms with Gasteiger partial charge in [0, 0.05) is 5.56 Å². The monoisotopic (exact) mass is 271 g/mol. The number of rotatable bonds is 4. The molecule has 1 nitrogen and oxygen atoms in total. The molecule has 1 unspecified atom stereocenters. The fraction of sp³-hybridized carbons (Fsp3) is 0.333. The van der Waals surface area contributed by atoms with E-state index in [-0.39, 0.29) is 11.9 Å². The minimum Gasteiger partial charge on any atom is -0.306 e. The second-order valence-corrected chi connectivity index (χ2v) is 5.44. The van der Waals surface area contributed by atoms with Crippen molar-refractivity contribution >= 4 is 0 Å². The Hall–Kier alpha value is -1.67. The minimum absolute atomic E-state index is 0.0980. The molecule has 2 heteroatoms. The van der Waals surface area contributed by atoms with E-state index in [0.29, 0.717) is 5.56 Å². The second-order valence-electron chi connectivity index (χ2n) is 5.44. The van der Waals surface area contributed by atoms with Crippen molar-refractivity contribution in [1.29, 1.82) is 0 Å². The molecular weight excluding hydrogens is 249 g/mol. The highest BCUT2D eigenvalue weighted by molar-refractivity contribution is 5.38. The molecule has 0 bridgehead atoms. The van der Waals surface area contributed by atoms with Crippen molar-refractivity contribution in [3.05, 3.63) is 70.0 Å². The summed E-state index contributed by atoms with van der Waals surface area (Å²) in [6.45, 7) is 8.90. The van der Waals surface area contributed by atoms with Crippen LogP contribution in [0.15, 0.2) is 36.4 Å². The van der Waals surface area contributed by atoms with Crippen molar-refractivity contribution in [3.63, 3.8) is 0 Å². The third-order valence-corrected chi connectivity index (χ3v) is 3.45. The van der Waals surface area contributed by atoms with Crippen LogP contribution in [0.1, 0.15) is 40.8 Å². The van der Waals surface area contributed by atoms with Gasteiger partial charge in [-0.15, -0.1) is 0 Å². The number of hydrogen-bond acceptors (Lipinski definition) is 1. The second kappa shape index (κ2) is 6.19. The summed E-state index contributed by atoms with van der Waals surface area (Å²) < 4.78 is 14.3. The topological polar surface area (TPSA) is 12.0 Å². The highest BCUT2D eigenvalue weighted by atomic mass is 19.1. The summed E-state index contributed by atoms with van der Waals surface area (Å²) in [6, 6.07) is 11.7. The summed E-state index contributed by atoms with van der Waals surface area (Å²) in [5, 5.41) is 3.39. The first kappa shape index (κ1) is 14.7. The van der Waals surface area contributed by atoms with E-state index in [1.165, 1.54) is 11.1 Å². The lowest BCUT2D eigenvalue weighted by Crippen LogP contribution is -2.23. The van der Waals surface area contributed by atoms with Crippen LogP contribution in [-0.2, 0) is 0 Å². The average molecular weight is 271 g/mol. The van der Waals surface area contributed by atoms with Crippen molar-refractivity contribution in [2.45, 2.75) is 33.7 Å². The molecule has 0 aliphatic rings. The summed E-state index contributed by atoms with van der Waals surface area (Å²) in [5.74, 6) is -0.143. The van der Waals surface area contributed by atoms with Crippen LogP contribution in [0.2, 0.25) is 0 Å². The Labute approximate surface area is 120 Å². The lowest BCUT2D eigenvalue weighted by Gasteiger charge is -2.21. The molecule has 0 radical (unpaired) electrons. The van der Waals surface area contributed by atoms with Crippen LogP contribution in [0.25, 0.3) is 0 Å². The average Bonchev–Trinajstić information content (AvgIpc) is 2.35. The molecule has 0 fully saturated rings. The molecule has 0 heterocycles. The smallest absolute Gasteiger partial charge is 0.128 e. The van der Waals surface area contributed by atoms with Crippen LogP contribution >= 0.6 is 0 Å². The van der Waals surface area contributed by atoms with Gasteiger partial charge < -0.3 is 5.32 Å². The van der Waals surface area contributed by atoms with Crippen molar-refractivity contribution in [3.8, 4) is 0 Å². The number of nitrogens with one attached hydrogen (secondary N) is 1. The lowest BCUT2D eigenvalue weighted by atomic mass is 9.94. The van der Waals surface area contributed by atoms with Crippen molar-refractivity contribution < 1.29 is 4.39 Å². The van der Waals surface area contributed by atoms with Gasteiger partial charge >= 0.3 is 0 Å². The summed E-state index contributed by atoms with van der Waals surface area (Å²) >= 11 is 0. The van der Waals surface area contributed by atoms with Gasteiger partial charge in [0.25, 0.3) is 0 Å². The van der Waals surface area contributed by atoms with Gasteiger partial charge in [-0.25, -0.2) is 4.39 Å². The standard InChI is InChI=1S/C18H22FN/c1-5-20-18(15-9-13(3)8-14(4)10-15)16-7-6-12(2)11-17(16)19/h6-11,18,20H,5H2,1-4H3. The molecule has 2 aromatic carbocycles. The van der Waals surface area contributed by atoms with Crippen LogP contribution in [0, 0.1) is 26.6 Å². The number of hydrogen-bond donors (Lipinski definition) is 1. The first-order valence-electron chi connectivity index (χ1n) is 7.09. The molecule has 0 amide bonds. The van der Waals surface area contributed by atoms with Gasteiger partial charge in [0.2, 0.25) is 0 Å². The maximum Gasteiger partial charge on any atom is 0.128 e. The van der Waals surface area contributed by atoms with E-state index in [9.17, 15) is 4.39 Å². The Bertz CT molecular complexity index is 584. The molecule has 1 N–H and O–H groups in total. The fourth-order valence-electron chi connectivity index (χ4n) is 2.65. The molecule has 20 heavy (non-hydrogen) atoms. The predicted octanol–water partition coefficient (Wildman–Crippen LogP) is 4.45. The zero-order valence-corrected chi connectivity index (χ0v) is 12.6. The molecular formula is C18H22FN. The van der Waals surface area contributed by atoms with Gasteiger partial charge in [-0.1, -0.05) is 48.4 Å². The summed E-state index contributed by atoms with van der Waals surface area (Å²) in [5.41, 5.74) is 5.18. The van der Waals surface area contributed by atoms with E-state index in [1.807, 2.05) is 26.0 Å². The van der Waals surface area contributed by atoms with E-state index < -0.39 is 0 Å². The number of aryl methyl sites for hydroxylation is 3. The molecule has 0 aliphatic carbocycles. The van der Waals surface area contributed by atoms with Gasteiger partial charge in [0.05, 0.1) is 6.04 Å². The third kappa shape index (κ3) is 3.26. The summed E-state index contributed by atoms with van der Waals surface area (Å²) in [7, 11) is 0. The molecule has 0 saturated heterocycles. The molecule has 2 aromatic rings. The lowest BCUT2D eigenvalue weighted by molar-refractivity contribution is 0.558. The molecule has 1 atom stereocenters. The van der Waals surface area contributed by atoms with Gasteiger partial charge in [0.15, 0.2) is 0 Å². The largest absolute Gasteiger partial charge is 0.306 e. The van der Waals surface area contributed by atoms with Crippen molar-refractivity contribution in [1.82, 2.24) is 5.32 Å². The maximum absolute atomic E-state index is 14.3. The molecule has 0 aromatic heterocycles. The molecule has 2 rings (SSSR count). The highest BCUT2D eigenvalue weighted by Crippen LogP contribution is 2.26. The Morgan fingerprint density at radius 2 is 1.60 bits per heavy atom. The Balaban J connectivity index is 2.49. The van der Waals surface area contributed by atoms with E-state index in [0.717, 1.165) is 17.7 Å². The Morgan fingerprint density at radius 1 is 0.950 bits per heavy atom. The Morgan fingerprint density at radius 3 is 2.15 bits per heavy atom. The van der Waals surface area contributed by atoms with Crippen molar-refractivity contribution in [2.24, 2.45) is 0 Å². The highest BCUT2D eigenvalue weighted by Gasteiger charge is 2.17. The molecule has 0 aliphatic heterocycles. The fourth-order valence-corrected chi connectivity index (χ4v) is 2.65. The predicted molar refractivity (Wildman–Crippen MR) is 82.6 cm³/mol. The van der Waals surface area contributed by atoms with Crippen LogP contribution < -0.4 is 5.32 Å². The molecule has 0 saturated carbocycles.